The molecule has 0 aliphatic carbocycles. The van der Waals surface area contributed by atoms with E-state index in [-0.39, 0.29) is 11.7 Å². The number of hydrogen-bond donors (Lipinski definition) is 1. The molecule has 0 fully saturated rings. The largest absolute Gasteiger partial charge is 0.325 e. The van der Waals surface area contributed by atoms with Crippen LogP contribution in [-0.4, -0.2) is 26.4 Å². The Kier molecular flexibility index (Phi) is 7.29. The van der Waals surface area contributed by atoms with Crippen molar-refractivity contribution in [2.75, 3.05) is 11.1 Å². The molecule has 32 heavy (non-hydrogen) atoms. The quantitative estimate of drug-likeness (QED) is 0.331. The second-order valence-corrected chi connectivity index (χ2v) is 9.30. The lowest BCUT2D eigenvalue weighted by molar-refractivity contribution is -0.113. The van der Waals surface area contributed by atoms with E-state index >= 15 is 0 Å². The Hall–Kier alpha value is -3.03. The van der Waals surface area contributed by atoms with Gasteiger partial charge in [-0.2, -0.15) is 0 Å². The van der Waals surface area contributed by atoms with Crippen molar-refractivity contribution in [2.24, 2.45) is 0 Å². The zero-order valence-corrected chi connectivity index (χ0v) is 19.6. The van der Waals surface area contributed by atoms with Crippen LogP contribution in [-0.2, 0) is 10.5 Å². The number of rotatable bonds is 8. The molecular formula is C25H24N4OS2. The van der Waals surface area contributed by atoms with Gasteiger partial charge in [-0.15, -0.1) is 22.0 Å². The van der Waals surface area contributed by atoms with Crippen LogP contribution in [0.15, 0.2) is 88.9 Å². The van der Waals surface area contributed by atoms with Crippen molar-refractivity contribution < 1.29 is 4.79 Å². The van der Waals surface area contributed by atoms with Gasteiger partial charge in [-0.3, -0.25) is 9.36 Å². The monoisotopic (exact) mass is 460 g/mol. The molecular weight excluding hydrogens is 436 g/mol. The van der Waals surface area contributed by atoms with Crippen LogP contribution < -0.4 is 5.32 Å². The van der Waals surface area contributed by atoms with Gasteiger partial charge in [0.15, 0.2) is 5.16 Å². The zero-order chi connectivity index (χ0) is 22.3. The van der Waals surface area contributed by atoms with Gasteiger partial charge in [-0.25, -0.2) is 0 Å². The first kappa shape index (κ1) is 22.2. The Morgan fingerprint density at radius 1 is 0.875 bits per heavy atom. The van der Waals surface area contributed by atoms with E-state index in [1.807, 2.05) is 78.2 Å². The maximum Gasteiger partial charge on any atom is 0.234 e. The van der Waals surface area contributed by atoms with Gasteiger partial charge in [-0.1, -0.05) is 54.2 Å². The number of nitrogens with zero attached hydrogens (tertiary/aromatic N) is 3. The fraction of sp³-hybridized carbons (Fsp3) is 0.160. The molecule has 5 nitrogen and oxygen atoms in total. The molecule has 0 unspecified atom stereocenters. The van der Waals surface area contributed by atoms with Gasteiger partial charge in [0.2, 0.25) is 5.91 Å². The summed E-state index contributed by atoms with van der Waals surface area (Å²) in [4.78, 5) is 13.7. The number of carbonyl (C=O) groups is 1. The fourth-order valence-corrected chi connectivity index (χ4v) is 4.74. The Morgan fingerprint density at radius 3 is 2.31 bits per heavy atom. The van der Waals surface area contributed by atoms with Crippen LogP contribution in [0.1, 0.15) is 17.0 Å². The summed E-state index contributed by atoms with van der Waals surface area (Å²) < 4.78 is 2.03. The molecule has 3 aromatic carbocycles. The molecule has 162 valence electrons. The molecule has 0 bridgehead atoms. The van der Waals surface area contributed by atoms with Gasteiger partial charge in [-0.05, 0) is 61.4 Å². The van der Waals surface area contributed by atoms with E-state index < -0.39 is 0 Å². The van der Waals surface area contributed by atoms with Gasteiger partial charge in [0.05, 0.1) is 11.5 Å². The number of aryl methyl sites for hydroxylation is 2. The summed E-state index contributed by atoms with van der Waals surface area (Å²) in [5.74, 6) is 1.72. The van der Waals surface area contributed by atoms with Crippen LogP contribution in [0.5, 0.6) is 0 Å². The summed E-state index contributed by atoms with van der Waals surface area (Å²) in [7, 11) is 0. The molecule has 0 aliphatic rings. The average molecular weight is 461 g/mol. The predicted molar refractivity (Wildman–Crippen MR) is 133 cm³/mol. The Morgan fingerprint density at radius 2 is 1.59 bits per heavy atom. The van der Waals surface area contributed by atoms with Crippen LogP contribution in [0.3, 0.4) is 0 Å². The van der Waals surface area contributed by atoms with Crippen LogP contribution in [0.4, 0.5) is 5.69 Å². The zero-order valence-electron chi connectivity index (χ0n) is 18.0. The van der Waals surface area contributed by atoms with E-state index in [1.54, 1.807) is 11.8 Å². The topological polar surface area (TPSA) is 59.8 Å². The third-order valence-electron chi connectivity index (χ3n) is 4.95. The number of thioether (sulfide) groups is 2. The van der Waals surface area contributed by atoms with E-state index in [9.17, 15) is 4.79 Å². The second kappa shape index (κ2) is 10.5. The van der Waals surface area contributed by atoms with Gasteiger partial charge in [0.1, 0.15) is 5.82 Å². The third kappa shape index (κ3) is 5.60. The van der Waals surface area contributed by atoms with Gasteiger partial charge in [0.25, 0.3) is 0 Å². The first-order valence-electron chi connectivity index (χ1n) is 10.3. The SMILES string of the molecule is Cc1ccc(NC(=O)CSc2nnc(CSc3ccccc3)n2-c2ccccc2)cc1C. The molecule has 7 heteroatoms. The number of carbonyl (C=O) groups excluding carboxylic acids is 1. The molecule has 1 heterocycles. The maximum absolute atomic E-state index is 12.6. The molecule has 0 aliphatic heterocycles. The molecule has 4 aromatic rings. The molecule has 0 atom stereocenters. The average Bonchev–Trinajstić information content (AvgIpc) is 3.23. The number of hydrogen-bond acceptors (Lipinski definition) is 5. The maximum atomic E-state index is 12.6. The lowest BCUT2D eigenvalue weighted by Gasteiger charge is -2.11. The van der Waals surface area contributed by atoms with Crippen LogP contribution in [0, 0.1) is 13.8 Å². The Bertz CT molecular complexity index is 1190. The highest BCUT2D eigenvalue weighted by atomic mass is 32.2. The van der Waals surface area contributed by atoms with E-state index in [1.165, 1.54) is 22.2 Å². The van der Waals surface area contributed by atoms with Crippen LogP contribution >= 0.6 is 23.5 Å². The highest BCUT2D eigenvalue weighted by Crippen LogP contribution is 2.27. The number of amides is 1. The van der Waals surface area contributed by atoms with E-state index in [0.717, 1.165) is 22.8 Å². The van der Waals surface area contributed by atoms with Crippen molar-refractivity contribution in [3.63, 3.8) is 0 Å². The Balaban J connectivity index is 1.48. The molecule has 0 radical (unpaired) electrons. The number of benzene rings is 3. The minimum Gasteiger partial charge on any atom is -0.325 e. The first-order valence-corrected chi connectivity index (χ1v) is 12.2. The van der Waals surface area contributed by atoms with Crippen molar-refractivity contribution in [1.82, 2.24) is 14.8 Å². The number of aromatic nitrogens is 3. The van der Waals surface area contributed by atoms with Gasteiger partial charge < -0.3 is 5.32 Å². The Labute approximate surface area is 196 Å². The second-order valence-electron chi connectivity index (χ2n) is 7.31. The highest BCUT2D eigenvalue weighted by Gasteiger charge is 2.16. The molecule has 0 spiro atoms. The summed E-state index contributed by atoms with van der Waals surface area (Å²) >= 11 is 3.10. The van der Waals surface area contributed by atoms with E-state index in [2.05, 4.69) is 34.6 Å². The minimum atomic E-state index is -0.0684. The molecule has 4 rings (SSSR count). The van der Waals surface area contributed by atoms with Crippen molar-refractivity contribution >= 4 is 35.1 Å². The summed E-state index contributed by atoms with van der Waals surface area (Å²) in [5, 5.41) is 12.5. The lowest BCUT2D eigenvalue weighted by atomic mass is 10.1. The van der Waals surface area contributed by atoms with E-state index in [4.69, 9.17) is 0 Å². The third-order valence-corrected chi connectivity index (χ3v) is 6.89. The molecule has 1 amide bonds. The summed E-state index contributed by atoms with van der Waals surface area (Å²) in [6.45, 7) is 4.10. The van der Waals surface area contributed by atoms with Crippen molar-refractivity contribution in [3.05, 3.63) is 95.8 Å². The summed E-state index contributed by atoms with van der Waals surface area (Å²) in [6, 6.07) is 26.2. The number of nitrogens with one attached hydrogen (secondary N) is 1. The fourth-order valence-electron chi connectivity index (χ4n) is 3.13. The first-order chi connectivity index (χ1) is 15.6. The molecule has 1 N–H and O–H groups in total. The number of para-hydroxylation sites is 1. The van der Waals surface area contributed by atoms with Crippen LogP contribution in [0.25, 0.3) is 5.69 Å². The minimum absolute atomic E-state index is 0.0684. The van der Waals surface area contributed by atoms with E-state index in [0.29, 0.717) is 10.9 Å². The van der Waals surface area contributed by atoms with Crippen LogP contribution in [0.2, 0.25) is 0 Å². The van der Waals surface area contributed by atoms with Gasteiger partial charge >= 0.3 is 0 Å². The normalized spacial score (nSPS) is 10.8. The summed E-state index contributed by atoms with van der Waals surface area (Å²) in [5.41, 5.74) is 4.15. The van der Waals surface area contributed by atoms with Crippen molar-refractivity contribution in [3.8, 4) is 5.69 Å². The molecule has 1 aromatic heterocycles. The lowest BCUT2D eigenvalue weighted by Crippen LogP contribution is -2.14. The predicted octanol–water partition coefficient (Wildman–Crippen LogP) is 5.91. The van der Waals surface area contributed by atoms with Crippen molar-refractivity contribution in [1.29, 1.82) is 0 Å². The standard InChI is InChI=1S/C25H24N4OS2/c1-18-13-14-20(15-19(18)2)26-24(30)17-32-25-28-27-23(16-31-22-11-7-4-8-12-22)29(25)21-9-5-3-6-10-21/h3-15H,16-17H2,1-2H3,(H,26,30). The highest BCUT2D eigenvalue weighted by molar-refractivity contribution is 7.99. The smallest absolute Gasteiger partial charge is 0.234 e. The number of anilines is 1. The van der Waals surface area contributed by atoms with Crippen molar-refractivity contribution in [2.45, 2.75) is 29.7 Å². The molecule has 0 saturated carbocycles. The van der Waals surface area contributed by atoms with Gasteiger partial charge in [0, 0.05) is 16.3 Å². The molecule has 0 saturated heterocycles. The summed E-state index contributed by atoms with van der Waals surface area (Å²) in [6.07, 6.45) is 0.